The normalized spacial score (nSPS) is 19.1. The number of anilines is 1. The highest BCUT2D eigenvalue weighted by molar-refractivity contribution is 6.00. The minimum atomic E-state index is -0.970. The van der Waals surface area contributed by atoms with E-state index in [2.05, 4.69) is 20.4 Å². The van der Waals surface area contributed by atoms with Gasteiger partial charge in [-0.2, -0.15) is 4.68 Å². The van der Waals surface area contributed by atoms with E-state index in [-0.39, 0.29) is 24.2 Å². The highest BCUT2D eigenvalue weighted by Gasteiger charge is 2.38. The maximum atomic E-state index is 13.6. The second-order valence-electron chi connectivity index (χ2n) is 8.45. The lowest BCUT2D eigenvalue weighted by Gasteiger charge is -2.35. The SMILES string of the molecule is O=C(C1CC(=O)N(c2ccccc2)C1)N1CCN(Cc2nnnn2-c2ccc(F)c(F)c2)CC1. The van der Waals surface area contributed by atoms with Crippen LogP contribution in [-0.4, -0.2) is 74.5 Å². The first-order chi connectivity index (χ1) is 16.5. The molecule has 9 nitrogen and oxygen atoms in total. The molecular formula is C23H23F2N7O2. The molecule has 0 saturated carbocycles. The second-order valence-corrected chi connectivity index (χ2v) is 8.45. The molecule has 2 saturated heterocycles. The molecule has 0 bridgehead atoms. The lowest BCUT2D eigenvalue weighted by Crippen LogP contribution is -2.50. The number of nitrogens with zero attached hydrogens (tertiary/aromatic N) is 7. The van der Waals surface area contributed by atoms with Crippen LogP contribution in [0.25, 0.3) is 5.69 Å². The summed E-state index contributed by atoms with van der Waals surface area (Å²) in [4.78, 5) is 31.1. The van der Waals surface area contributed by atoms with Gasteiger partial charge in [0.15, 0.2) is 17.5 Å². The molecule has 2 amide bonds. The number of rotatable bonds is 5. The molecule has 1 atom stereocenters. The summed E-state index contributed by atoms with van der Waals surface area (Å²) in [5.41, 5.74) is 1.15. The molecule has 0 radical (unpaired) electrons. The maximum Gasteiger partial charge on any atom is 0.228 e. The van der Waals surface area contributed by atoms with Crippen molar-refractivity contribution >= 4 is 17.5 Å². The molecule has 34 heavy (non-hydrogen) atoms. The Balaban J connectivity index is 1.18. The van der Waals surface area contributed by atoms with Gasteiger partial charge in [0.05, 0.1) is 18.2 Å². The third kappa shape index (κ3) is 4.38. The Morgan fingerprint density at radius 2 is 1.74 bits per heavy atom. The summed E-state index contributed by atoms with van der Waals surface area (Å²) < 4.78 is 28.3. The van der Waals surface area contributed by atoms with Crippen LogP contribution >= 0.6 is 0 Å². The van der Waals surface area contributed by atoms with Gasteiger partial charge in [-0.15, -0.1) is 5.10 Å². The van der Waals surface area contributed by atoms with E-state index < -0.39 is 11.6 Å². The van der Waals surface area contributed by atoms with E-state index in [0.29, 0.717) is 50.8 Å². The highest BCUT2D eigenvalue weighted by atomic mass is 19.2. The van der Waals surface area contributed by atoms with Crippen LogP contribution in [0.1, 0.15) is 12.2 Å². The van der Waals surface area contributed by atoms with Crippen molar-refractivity contribution in [1.29, 1.82) is 0 Å². The van der Waals surface area contributed by atoms with Crippen LogP contribution in [0.2, 0.25) is 0 Å². The van der Waals surface area contributed by atoms with E-state index in [1.165, 1.54) is 10.7 Å². The fourth-order valence-electron chi connectivity index (χ4n) is 4.44. The van der Waals surface area contributed by atoms with Gasteiger partial charge in [-0.3, -0.25) is 14.5 Å². The Hall–Kier alpha value is -3.73. The summed E-state index contributed by atoms with van der Waals surface area (Å²) >= 11 is 0. The van der Waals surface area contributed by atoms with Gasteiger partial charge in [-0.1, -0.05) is 18.2 Å². The van der Waals surface area contributed by atoms with Crippen molar-refractivity contribution in [3.05, 3.63) is 66.0 Å². The molecule has 2 aliphatic rings. The van der Waals surface area contributed by atoms with Crippen molar-refractivity contribution in [2.45, 2.75) is 13.0 Å². The molecule has 1 aromatic heterocycles. The predicted molar refractivity (Wildman–Crippen MR) is 118 cm³/mol. The molecule has 176 valence electrons. The van der Waals surface area contributed by atoms with Crippen LogP contribution in [-0.2, 0) is 16.1 Å². The summed E-state index contributed by atoms with van der Waals surface area (Å²) in [5, 5.41) is 11.6. The lowest BCUT2D eigenvalue weighted by atomic mass is 10.1. The number of aromatic nitrogens is 4. The molecule has 1 unspecified atom stereocenters. The fourth-order valence-corrected chi connectivity index (χ4v) is 4.44. The van der Waals surface area contributed by atoms with Crippen molar-refractivity contribution < 1.29 is 18.4 Å². The van der Waals surface area contributed by atoms with Crippen LogP contribution in [0, 0.1) is 17.6 Å². The number of para-hydroxylation sites is 1. The monoisotopic (exact) mass is 467 g/mol. The van der Waals surface area contributed by atoms with E-state index in [9.17, 15) is 18.4 Å². The van der Waals surface area contributed by atoms with Crippen molar-refractivity contribution in [2.24, 2.45) is 5.92 Å². The average Bonchev–Trinajstić information content (AvgIpc) is 3.48. The summed E-state index contributed by atoms with van der Waals surface area (Å²) in [6.07, 6.45) is 0.219. The number of piperazine rings is 1. The largest absolute Gasteiger partial charge is 0.340 e. The van der Waals surface area contributed by atoms with E-state index in [0.717, 1.165) is 17.8 Å². The second kappa shape index (κ2) is 9.26. The van der Waals surface area contributed by atoms with Crippen LogP contribution in [0.5, 0.6) is 0 Å². The Morgan fingerprint density at radius 3 is 2.47 bits per heavy atom. The summed E-state index contributed by atoms with van der Waals surface area (Å²) in [7, 11) is 0. The van der Waals surface area contributed by atoms with Crippen LogP contribution in [0.15, 0.2) is 48.5 Å². The van der Waals surface area contributed by atoms with Gasteiger partial charge in [0.25, 0.3) is 0 Å². The van der Waals surface area contributed by atoms with Gasteiger partial charge < -0.3 is 9.80 Å². The van der Waals surface area contributed by atoms with Crippen LogP contribution < -0.4 is 4.90 Å². The zero-order valence-electron chi connectivity index (χ0n) is 18.3. The first-order valence-corrected chi connectivity index (χ1v) is 11.1. The van der Waals surface area contributed by atoms with Gasteiger partial charge in [-0.05, 0) is 34.7 Å². The number of tetrazole rings is 1. The predicted octanol–water partition coefficient (Wildman–Crippen LogP) is 1.64. The van der Waals surface area contributed by atoms with Gasteiger partial charge in [0, 0.05) is 50.9 Å². The summed E-state index contributed by atoms with van der Waals surface area (Å²) in [5.74, 6) is -1.80. The molecular weight excluding hydrogens is 444 g/mol. The summed E-state index contributed by atoms with van der Waals surface area (Å²) in [6.45, 7) is 3.07. The minimum absolute atomic E-state index is 0.00180. The molecule has 0 spiro atoms. The van der Waals surface area contributed by atoms with Crippen molar-refractivity contribution in [3.8, 4) is 5.69 Å². The number of amides is 2. The Labute approximate surface area is 194 Å². The number of hydrogen-bond donors (Lipinski definition) is 0. The zero-order chi connectivity index (χ0) is 23.7. The van der Waals surface area contributed by atoms with Gasteiger partial charge in [-0.25, -0.2) is 8.78 Å². The van der Waals surface area contributed by atoms with E-state index in [1.54, 1.807) is 9.80 Å². The molecule has 3 aromatic rings. The Morgan fingerprint density at radius 1 is 0.971 bits per heavy atom. The number of halogens is 2. The molecule has 2 aliphatic heterocycles. The quantitative estimate of drug-likeness (QED) is 0.567. The molecule has 11 heteroatoms. The Bertz CT molecular complexity index is 1200. The topological polar surface area (TPSA) is 87.5 Å². The standard InChI is InChI=1S/C23H23F2N7O2/c24-19-7-6-18(13-20(19)25)32-21(26-27-28-32)15-29-8-10-30(11-9-29)23(34)16-12-22(33)31(14-16)17-4-2-1-3-5-17/h1-7,13,16H,8-12,14-15H2. The smallest absolute Gasteiger partial charge is 0.228 e. The number of hydrogen-bond acceptors (Lipinski definition) is 6. The van der Waals surface area contributed by atoms with Crippen molar-refractivity contribution in [3.63, 3.8) is 0 Å². The number of carbonyl (C=O) groups is 2. The fraction of sp³-hybridized carbons (Fsp3) is 0.348. The number of benzene rings is 2. The van der Waals surface area contributed by atoms with Gasteiger partial charge >= 0.3 is 0 Å². The van der Waals surface area contributed by atoms with Crippen molar-refractivity contribution in [1.82, 2.24) is 30.0 Å². The first-order valence-electron chi connectivity index (χ1n) is 11.1. The molecule has 0 N–H and O–H groups in total. The number of carbonyl (C=O) groups excluding carboxylic acids is 2. The molecule has 2 aromatic carbocycles. The summed E-state index contributed by atoms with van der Waals surface area (Å²) in [6, 6.07) is 12.9. The van der Waals surface area contributed by atoms with E-state index >= 15 is 0 Å². The van der Waals surface area contributed by atoms with E-state index in [1.807, 2.05) is 30.3 Å². The van der Waals surface area contributed by atoms with Crippen molar-refractivity contribution in [2.75, 3.05) is 37.6 Å². The average molecular weight is 467 g/mol. The third-order valence-electron chi connectivity index (χ3n) is 6.27. The maximum absolute atomic E-state index is 13.6. The molecule has 5 rings (SSSR count). The van der Waals surface area contributed by atoms with Crippen LogP contribution in [0.3, 0.4) is 0 Å². The zero-order valence-corrected chi connectivity index (χ0v) is 18.3. The van der Waals surface area contributed by atoms with Gasteiger partial charge in [0.1, 0.15) is 0 Å². The van der Waals surface area contributed by atoms with Crippen LogP contribution in [0.4, 0.5) is 14.5 Å². The molecule has 2 fully saturated rings. The third-order valence-corrected chi connectivity index (χ3v) is 6.27. The lowest BCUT2D eigenvalue weighted by molar-refractivity contribution is -0.137. The van der Waals surface area contributed by atoms with E-state index in [4.69, 9.17) is 0 Å². The molecule has 0 aliphatic carbocycles. The highest BCUT2D eigenvalue weighted by Crippen LogP contribution is 2.26. The molecule has 3 heterocycles. The first kappa shape index (κ1) is 22.1. The van der Waals surface area contributed by atoms with Gasteiger partial charge in [0.2, 0.25) is 11.8 Å². The Kier molecular flexibility index (Phi) is 6.01. The minimum Gasteiger partial charge on any atom is -0.340 e.